The Morgan fingerprint density at radius 3 is 2.25 bits per heavy atom. The van der Waals surface area contributed by atoms with Crippen LogP contribution in [-0.4, -0.2) is 25.0 Å². The van der Waals surface area contributed by atoms with Gasteiger partial charge in [0.1, 0.15) is 5.00 Å². The lowest BCUT2D eigenvalue weighted by atomic mass is 10.3. The van der Waals surface area contributed by atoms with Gasteiger partial charge in [0, 0.05) is 20.0 Å². The lowest BCUT2D eigenvalue weighted by Gasteiger charge is -2.24. The van der Waals surface area contributed by atoms with E-state index in [1.54, 1.807) is 6.92 Å². The molecule has 0 spiro atoms. The van der Waals surface area contributed by atoms with Crippen LogP contribution in [0, 0.1) is 0 Å². The molecule has 5 heteroatoms. The molecule has 20 heavy (non-hydrogen) atoms. The predicted octanol–water partition coefficient (Wildman–Crippen LogP) is 3.95. The van der Waals surface area contributed by atoms with Crippen LogP contribution in [-0.2, 0) is 0 Å². The zero-order valence-corrected chi connectivity index (χ0v) is 14.0. The number of Topliss-reactive ketones (excluding diaryl/α,β-unsaturated/α-hetero) is 1. The number of ether oxygens (including phenoxy) is 1. The molecule has 4 nitrogen and oxygen atoms in total. The SMILES string of the molecule is CCCN(CCC)c1sc(C(C)=O)c(N)c1OC(C)C. The van der Waals surface area contributed by atoms with Gasteiger partial charge in [-0.3, -0.25) is 4.79 Å². The van der Waals surface area contributed by atoms with Crippen LogP contribution in [0.4, 0.5) is 10.7 Å². The largest absolute Gasteiger partial charge is 0.486 e. The number of rotatable bonds is 8. The molecule has 1 aromatic heterocycles. The molecule has 0 atom stereocenters. The molecule has 0 unspecified atom stereocenters. The van der Waals surface area contributed by atoms with Crippen molar-refractivity contribution in [3.63, 3.8) is 0 Å². The van der Waals surface area contributed by atoms with Crippen molar-refractivity contribution in [2.45, 2.75) is 53.6 Å². The zero-order valence-electron chi connectivity index (χ0n) is 13.2. The fraction of sp³-hybridized carbons (Fsp3) is 0.667. The van der Waals surface area contributed by atoms with E-state index in [2.05, 4.69) is 18.7 Å². The maximum Gasteiger partial charge on any atom is 0.177 e. The van der Waals surface area contributed by atoms with Gasteiger partial charge in [0.15, 0.2) is 11.5 Å². The van der Waals surface area contributed by atoms with Crippen LogP contribution in [0.5, 0.6) is 5.75 Å². The molecule has 0 aromatic carbocycles. The highest BCUT2D eigenvalue weighted by atomic mass is 32.1. The van der Waals surface area contributed by atoms with Crippen LogP contribution in [0.15, 0.2) is 0 Å². The molecular formula is C15H26N2O2S. The van der Waals surface area contributed by atoms with Crippen molar-refractivity contribution in [3.8, 4) is 5.75 Å². The van der Waals surface area contributed by atoms with E-state index < -0.39 is 0 Å². The summed E-state index contributed by atoms with van der Waals surface area (Å²) in [5.41, 5.74) is 6.61. The molecule has 2 N–H and O–H groups in total. The lowest BCUT2D eigenvalue weighted by Crippen LogP contribution is -2.24. The quantitative estimate of drug-likeness (QED) is 0.738. The van der Waals surface area contributed by atoms with Crippen molar-refractivity contribution in [1.29, 1.82) is 0 Å². The average Bonchev–Trinajstić information content (AvgIpc) is 2.66. The van der Waals surface area contributed by atoms with Gasteiger partial charge in [-0.1, -0.05) is 13.8 Å². The second-order valence-corrected chi connectivity index (χ2v) is 6.19. The van der Waals surface area contributed by atoms with Gasteiger partial charge in [-0.2, -0.15) is 0 Å². The Bertz CT molecular complexity index is 449. The number of carbonyl (C=O) groups excluding carboxylic acids is 1. The van der Waals surface area contributed by atoms with Crippen LogP contribution < -0.4 is 15.4 Å². The number of thiophene rings is 1. The first-order valence-electron chi connectivity index (χ1n) is 7.27. The number of nitrogens with two attached hydrogens (primary N) is 1. The minimum Gasteiger partial charge on any atom is -0.486 e. The molecular weight excluding hydrogens is 272 g/mol. The molecule has 0 aliphatic heterocycles. The highest BCUT2D eigenvalue weighted by Gasteiger charge is 2.24. The van der Waals surface area contributed by atoms with Crippen molar-refractivity contribution < 1.29 is 9.53 Å². The number of hydrogen-bond donors (Lipinski definition) is 1. The average molecular weight is 298 g/mol. The van der Waals surface area contributed by atoms with E-state index in [0.717, 1.165) is 30.9 Å². The van der Waals surface area contributed by atoms with Crippen molar-refractivity contribution in [3.05, 3.63) is 4.88 Å². The molecule has 0 amide bonds. The van der Waals surface area contributed by atoms with Gasteiger partial charge in [0.25, 0.3) is 0 Å². The van der Waals surface area contributed by atoms with E-state index >= 15 is 0 Å². The van der Waals surface area contributed by atoms with E-state index in [1.807, 2.05) is 13.8 Å². The first kappa shape index (κ1) is 16.8. The minimum atomic E-state index is 0.000281. The van der Waals surface area contributed by atoms with Gasteiger partial charge in [-0.25, -0.2) is 0 Å². The summed E-state index contributed by atoms with van der Waals surface area (Å²) in [6, 6.07) is 0. The topological polar surface area (TPSA) is 55.6 Å². The Balaban J connectivity index is 3.26. The highest BCUT2D eigenvalue weighted by molar-refractivity contribution is 7.19. The van der Waals surface area contributed by atoms with E-state index in [1.165, 1.54) is 11.3 Å². The monoisotopic (exact) mass is 298 g/mol. The van der Waals surface area contributed by atoms with E-state index in [9.17, 15) is 4.79 Å². The lowest BCUT2D eigenvalue weighted by molar-refractivity contribution is 0.102. The molecule has 0 radical (unpaired) electrons. The Labute approximate surface area is 125 Å². The fourth-order valence-electron chi connectivity index (χ4n) is 2.09. The van der Waals surface area contributed by atoms with Crippen LogP contribution in [0.2, 0.25) is 0 Å². The molecule has 114 valence electrons. The van der Waals surface area contributed by atoms with Gasteiger partial charge >= 0.3 is 0 Å². The summed E-state index contributed by atoms with van der Waals surface area (Å²) >= 11 is 1.45. The standard InChI is InChI=1S/C15H26N2O2S/c1-6-8-17(9-7-2)15-13(19-10(3)4)12(16)14(20-15)11(5)18/h10H,6-9,16H2,1-5H3. The van der Waals surface area contributed by atoms with Gasteiger partial charge in [-0.15, -0.1) is 11.3 Å². The number of nitrogens with zero attached hydrogens (tertiary/aromatic N) is 1. The van der Waals surface area contributed by atoms with Crippen molar-refractivity contribution in [2.24, 2.45) is 0 Å². The Morgan fingerprint density at radius 2 is 1.85 bits per heavy atom. The van der Waals surface area contributed by atoms with E-state index in [0.29, 0.717) is 16.3 Å². The molecule has 1 heterocycles. The van der Waals surface area contributed by atoms with Crippen LogP contribution in [0.25, 0.3) is 0 Å². The van der Waals surface area contributed by atoms with Crippen LogP contribution >= 0.6 is 11.3 Å². The van der Waals surface area contributed by atoms with Gasteiger partial charge in [0.05, 0.1) is 16.7 Å². The molecule has 0 saturated carbocycles. The molecule has 0 saturated heterocycles. The summed E-state index contributed by atoms with van der Waals surface area (Å²) in [4.78, 5) is 14.6. The smallest absolute Gasteiger partial charge is 0.177 e. The summed E-state index contributed by atoms with van der Waals surface area (Å²) < 4.78 is 5.87. The molecule has 0 fully saturated rings. The van der Waals surface area contributed by atoms with Gasteiger partial charge < -0.3 is 15.4 Å². The maximum absolute atomic E-state index is 11.7. The number of anilines is 2. The summed E-state index contributed by atoms with van der Waals surface area (Å²) in [6.45, 7) is 11.7. The number of nitrogen functional groups attached to an aromatic ring is 1. The Kier molecular flexibility index (Phi) is 6.33. The van der Waals surface area contributed by atoms with Crippen molar-refractivity contribution in [2.75, 3.05) is 23.7 Å². The third-order valence-electron chi connectivity index (χ3n) is 2.83. The first-order chi connectivity index (χ1) is 9.42. The minimum absolute atomic E-state index is 0.000281. The summed E-state index contributed by atoms with van der Waals surface area (Å²) in [7, 11) is 0. The molecule has 0 aliphatic carbocycles. The first-order valence-corrected chi connectivity index (χ1v) is 8.08. The second kappa shape index (κ2) is 7.53. The predicted molar refractivity (Wildman–Crippen MR) is 87.3 cm³/mol. The number of ketones is 1. The summed E-state index contributed by atoms with van der Waals surface area (Å²) in [5, 5.41) is 0.991. The zero-order chi connectivity index (χ0) is 15.3. The highest BCUT2D eigenvalue weighted by Crippen LogP contribution is 2.45. The van der Waals surface area contributed by atoms with E-state index in [4.69, 9.17) is 10.5 Å². The summed E-state index contributed by atoms with van der Waals surface area (Å²) in [5.74, 6) is 0.678. The fourth-order valence-corrected chi connectivity index (χ4v) is 3.19. The van der Waals surface area contributed by atoms with E-state index in [-0.39, 0.29) is 11.9 Å². The molecule has 1 aromatic rings. The normalized spacial score (nSPS) is 10.9. The number of carbonyl (C=O) groups is 1. The Hall–Kier alpha value is -1.23. The molecule has 1 rings (SSSR count). The summed E-state index contributed by atoms with van der Waals surface area (Å²) in [6.07, 6.45) is 2.14. The number of hydrogen-bond acceptors (Lipinski definition) is 5. The van der Waals surface area contributed by atoms with Crippen LogP contribution in [0.1, 0.15) is 57.1 Å². The van der Waals surface area contributed by atoms with Gasteiger partial charge in [-0.05, 0) is 26.7 Å². The van der Waals surface area contributed by atoms with Gasteiger partial charge in [0.2, 0.25) is 0 Å². The molecule has 0 aliphatic rings. The second-order valence-electron chi connectivity index (χ2n) is 5.19. The third-order valence-corrected chi connectivity index (χ3v) is 4.18. The van der Waals surface area contributed by atoms with Crippen molar-refractivity contribution in [1.82, 2.24) is 0 Å². The Morgan fingerprint density at radius 1 is 1.30 bits per heavy atom. The van der Waals surface area contributed by atoms with Crippen molar-refractivity contribution >= 4 is 27.8 Å². The maximum atomic E-state index is 11.7. The van der Waals surface area contributed by atoms with Crippen LogP contribution in [0.3, 0.4) is 0 Å². The molecule has 0 bridgehead atoms. The third kappa shape index (κ3) is 3.88.